The Labute approximate surface area is 170 Å². The van der Waals surface area contributed by atoms with Crippen LogP contribution >= 0.6 is 0 Å². The van der Waals surface area contributed by atoms with E-state index in [1.807, 2.05) is 32.0 Å². The summed E-state index contributed by atoms with van der Waals surface area (Å²) in [5.41, 5.74) is -0.310. The highest BCUT2D eigenvalue weighted by Gasteiger charge is 2.54. The standard InChI is InChI=1S/C22H22N2O4S/c1-15(2)28-20-18(10-6-14-23-20)22(12-13-22)21(25)24-29(26,27)19-11-5-8-16-7-3-4-9-17(16)19/h3-11,14-15H,12-13H2,1-2H3,(H,24,25). The molecule has 0 saturated heterocycles. The average Bonchev–Trinajstić information content (AvgIpc) is 3.49. The molecule has 0 aliphatic heterocycles. The number of pyridine rings is 1. The molecule has 1 fully saturated rings. The van der Waals surface area contributed by atoms with Crippen LogP contribution in [0.25, 0.3) is 10.8 Å². The minimum atomic E-state index is -4.03. The number of ether oxygens (including phenoxy) is 1. The fourth-order valence-electron chi connectivity index (χ4n) is 3.52. The van der Waals surface area contributed by atoms with E-state index >= 15 is 0 Å². The maximum absolute atomic E-state index is 13.1. The summed E-state index contributed by atoms with van der Waals surface area (Å²) in [6.07, 6.45) is 2.58. The molecule has 0 radical (unpaired) electrons. The van der Waals surface area contributed by atoms with Crippen LogP contribution < -0.4 is 9.46 Å². The van der Waals surface area contributed by atoms with Crippen molar-refractivity contribution in [2.45, 2.75) is 43.1 Å². The molecule has 3 aromatic rings. The molecule has 1 aliphatic rings. The second kappa shape index (κ2) is 7.15. The Morgan fingerprint density at radius 2 is 1.79 bits per heavy atom. The fraction of sp³-hybridized carbons (Fsp3) is 0.273. The van der Waals surface area contributed by atoms with Gasteiger partial charge in [0.05, 0.1) is 16.4 Å². The number of hydrogen-bond donors (Lipinski definition) is 1. The van der Waals surface area contributed by atoms with Crippen molar-refractivity contribution in [3.8, 4) is 5.88 Å². The molecule has 0 spiro atoms. The van der Waals surface area contributed by atoms with Crippen LogP contribution in [0.15, 0.2) is 65.7 Å². The molecule has 0 unspecified atom stereocenters. The Kier molecular flexibility index (Phi) is 4.78. The Hall–Kier alpha value is -2.93. The summed E-state index contributed by atoms with van der Waals surface area (Å²) in [6.45, 7) is 3.76. The van der Waals surface area contributed by atoms with Crippen LogP contribution in [-0.4, -0.2) is 25.4 Å². The molecule has 6 nitrogen and oxygen atoms in total. The van der Waals surface area contributed by atoms with Crippen LogP contribution in [0.3, 0.4) is 0 Å². The quantitative estimate of drug-likeness (QED) is 0.672. The second-order valence-electron chi connectivity index (χ2n) is 7.52. The van der Waals surface area contributed by atoms with Gasteiger partial charge in [0, 0.05) is 17.1 Å². The second-order valence-corrected chi connectivity index (χ2v) is 9.17. The van der Waals surface area contributed by atoms with Gasteiger partial charge in [-0.1, -0.05) is 42.5 Å². The Bertz CT molecular complexity index is 1180. The molecule has 7 heteroatoms. The first-order valence-electron chi connectivity index (χ1n) is 9.51. The number of benzene rings is 2. The van der Waals surface area contributed by atoms with E-state index in [0.717, 1.165) is 5.39 Å². The van der Waals surface area contributed by atoms with Crippen LogP contribution in [0.1, 0.15) is 32.3 Å². The SMILES string of the molecule is CC(C)Oc1ncccc1C1(C(=O)NS(=O)(=O)c2cccc3ccccc23)CC1. The number of fused-ring (bicyclic) bond motifs is 1. The van der Waals surface area contributed by atoms with Gasteiger partial charge in [-0.3, -0.25) is 4.79 Å². The number of sulfonamides is 1. The lowest BCUT2D eigenvalue weighted by Crippen LogP contribution is -2.39. The monoisotopic (exact) mass is 410 g/mol. The highest BCUT2D eigenvalue weighted by atomic mass is 32.2. The molecule has 150 valence electrons. The van der Waals surface area contributed by atoms with Crippen LogP contribution in [0.2, 0.25) is 0 Å². The van der Waals surface area contributed by atoms with Crippen molar-refractivity contribution in [1.29, 1.82) is 0 Å². The van der Waals surface area contributed by atoms with Crippen molar-refractivity contribution >= 4 is 26.7 Å². The maximum atomic E-state index is 13.1. The molecule has 1 saturated carbocycles. The number of amides is 1. The Morgan fingerprint density at radius 1 is 1.07 bits per heavy atom. The molecule has 0 bridgehead atoms. The summed E-state index contributed by atoms with van der Waals surface area (Å²) in [7, 11) is -4.03. The third-order valence-corrected chi connectivity index (χ3v) is 6.47. The van der Waals surface area contributed by atoms with Crippen molar-refractivity contribution in [2.24, 2.45) is 0 Å². The zero-order valence-electron chi connectivity index (χ0n) is 16.3. The summed E-state index contributed by atoms with van der Waals surface area (Å²) in [5, 5.41) is 1.37. The summed E-state index contributed by atoms with van der Waals surface area (Å²) in [6, 6.07) is 15.7. The van der Waals surface area contributed by atoms with Gasteiger partial charge in [0.25, 0.3) is 10.0 Å². The molecule has 1 heterocycles. The van der Waals surface area contributed by atoms with Gasteiger partial charge in [-0.15, -0.1) is 0 Å². The molecule has 4 rings (SSSR count). The average molecular weight is 410 g/mol. The topological polar surface area (TPSA) is 85.4 Å². The Balaban J connectivity index is 1.68. The van der Waals surface area contributed by atoms with E-state index in [9.17, 15) is 13.2 Å². The first-order chi connectivity index (χ1) is 13.8. The number of hydrogen-bond acceptors (Lipinski definition) is 5. The number of carbonyl (C=O) groups excluding carboxylic acids is 1. The molecule has 2 aromatic carbocycles. The van der Waals surface area contributed by atoms with Gasteiger partial charge in [0.2, 0.25) is 11.8 Å². The van der Waals surface area contributed by atoms with E-state index in [-0.39, 0.29) is 11.0 Å². The zero-order chi connectivity index (χ0) is 20.6. The highest BCUT2D eigenvalue weighted by Crippen LogP contribution is 2.51. The fourth-order valence-corrected chi connectivity index (χ4v) is 4.80. The van der Waals surface area contributed by atoms with Gasteiger partial charge in [0.1, 0.15) is 0 Å². The van der Waals surface area contributed by atoms with E-state index in [1.54, 1.807) is 36.5 Å². The van der Waals surface area contributed by atoms with E-state index in [4.69, 9.17) is 4.74 Å². The number of nitrogens with zero attached hydrogens (tertiary/aromatic N) is 1. The third-order valence-electron chi connectivity index (χ3n) is 5.08. The molecule has 1 amide bonds. The largest absolute Gasteiger partial charge is 0.475 e. The number of carbonyl (C=O) groups is 1. The lowest BCUT2D eigenvalue weighted by Gasteiger charge is -2.20. The lowest BCUT2D eigenvalue weighted by molar-refractivity contribution is -0.121. The van der Waals surface area contributed by atoms with Gasteiger partial charge in [-0.25, -0.2) is 18.1 Å². The van der Waals surface area contributed by atoms with Gasteiger partial charge in [-0.05, 0) is 44.2 Å². The molecular weight excluding hydrogens is 388 g/mol. The summed E-state index contributed by atoms with van der Waals surface area (Å²) in [4.78, 5) is 17.5. The zero-order valence-corrected chi connectivity index (χ0v) is 17.1. The van der Waals surface area contributed by atoms with Crippen molar-refractivity contribution in [2.75, 3.05) is 0 Å². The molecule has 0 atom stereocenters. The van der Waals surface area contributed by atoms with E-state index in [2.05, 4.69) is 9.71 Å². The van der Waals surface area contributed by atoms with Crippen LogP contribution in [0.4, 0.5) is 0 Å². The first-order valence-corrected chi connectivity index (χ1v) is 11.0. The maximum Gasteiger partial charge on any atom is 0.264 e. The van der Waals surface area contributed by atoms with E-state index in [0.29, 0.717) is 29.7 Å². The summed E-state index contributed by atoms with van der Waals surface area (Å²) in [5.74, 6) is -0.176. The predicted octanol–water partition coefficient (Wildman–Crippen LogP) is 3.56. The number of nitrogens with one attached hydrogen (secondary N) is 1. The van der Waals surface area contributed by atoms with E-state index in [1.165, 1.54) is 6.07 Å². The number of aromatic nitrogens is 1. The van der Waals surface area contributed by atoms with Crippen molar-refractivity contribution in [1.82, 2.24) is 9.71 Å². The lowest BCUT2D eigenvalue weighted by atomic mass is 9.96. The van der Waals surface area contributed by atoms with Gasteiger partial charge in [-0.2, -0.15) is 0 Å². The first kappa shape index (κ1) is 19.4. The Morgan fingerprint density at radius 3 is 2.52 bits per heavy atom. The van der Waals surface area contributed by atoms with Crippen LogP contribution in [0.5, 0.6) is 5.88 Å². The van der Waals surface area contributed by atoms with Crippen molar-refractivity contribution in [3.05, 3.63) is 66.4 Å². The highest BCUT2D eigenvalue weighted by molar-refractivity contribution is 7.90. The smallest absolute Gasteiger partial charge is 0.264 e. The van der Waals surface area contributed by atoms with E-state index < -0.39 is 21.3 Å². The summed E-state index contributed by atoms with van der Waals surface area (Å²) < 4.78 is 34.1. The molecular formula is C22H22N2O4S. The number of rotatable bonds is 6. The minimum absolute atomic E-state index is 0.0876. The van der Waals surface area contributed by atoms with Crippen molar-refractivity contribution in [3.63, 3.8) is 0 Å². The normalized spacial score (nSPS) is 15.3. The van der Waals surface area contributed by atoms with Gasteiger partial charge < -0.3 is 4.74 Å². The van der Waals surface area contributed by atoms with Crippen LogP contribution in [-0.2, 0) is 20.2 Å². The summed E-state index contributed by atoms with van der Waals surface area (Å²) >= 11 is 0. The third kappa shape index (κ3) is 3.58. The molecule has 29 heavy (non-hydrogen) atoms. The predicted molar refractivity (Wildman–Crippen MR) is 110 cm³/mol. The van der Waals surface area contributed by atoms with Crippen molar-refractivity contribution < 1.29 is 17.9 Å². The molecule has 1 N–H and O–H groups in total. The minimum Gasteiger partial charge on any atom is -0.475 e. The van der Waals surface area contributed by atoms with Gasteiger partial charge >= 0.3 is 0 Å². The van der Waals surface area contributed by atoms with Gasteiger partial charge in [0.15, 0.2) is 0 Å². The molecule has 1 aromatic heterocycles. The molecule has 1 aliphatic carbocycles. The van der Waals surface area contributed by atoms with Crippen LogP contribution in [0, 0.1) is 0 Å².